The van der Waals surface area contributed by atoms with E-state index in [1.165, 1.54) is 37.9 Å². The van der Waals surface area contributed by atoms with Gasteiger partial charge in [0.25, 0.3) is 0 Å². The van der Waals surface area contributed by atoms with Crippen LogP contribution in [0.15, 0.2) is 134 Å². The summed E-state index contributed by atoms with van der Waals surface area (Å²) in [4.78, 5) is 0. The third-order valence-corrected chi connectivity index (χ3v) is 10.9. The van der Waals surface area contributed by atoms with Crippen molar-refractivity contribution in [3.05, 3.63) is 150 Å². The lowest BCUT2D eigenvalue weighted by atomic mass is 9.84. The lowest BCUT2D eigenvalue weighted by Crippen LogP contribution is -2.25. The van der Waals surface area contributed by atoms with E-state index in [4.69, 9.17) is 22.4 Å². The molecule has 0 bridgehead atoms. The maximum absolute atomic E-state index is 10.7. The predicted molar refractivity (Wildman–Crippen MR) is 186 cm³/mol. The fraction of sp³-hybridized carbons (Fsp3) is 0.135. The smallest absolute Gasteiger partial charge is 0.493 e. The maximum atomic E-state index is 10.7. The minimum Gasteiger partial charge on any atom is -0.493 e. The molecule has 0 aliphatic rings. The number of aromatic nitrogens is 1. The highest BCUT2D eigenvalue weighted by Crippen LogP contribution is 2.43. The lowest BCUT2D eigenvalue weighted by Gasteiger charge is -2.27. The van der Waals surface area contributed by atoms with Gasteiger partial charge in [-0.25, -0.2) is 0 Å². The molecule has 1 heterocycles. The Balaban J connectivity index is 0.000000503. The molecule has 0 fully saturated rings. The molecule has 0 saturated heterocycles. The van der Waals surface area contributed by atoms with Gasteiger partial charge in [-0.1, -0.05) is 109 Å². The number of rotatable bonds is 8. The normalized spacial score (nSPS) is 12.3. The van der Waals surface area contributed by atoms with E-state index in [0.717, 1.165) is 17.1 Å². The number of hydrogen-bond acceptors (Lipinski definition) is 4. The van der Waals surface area contributed by atoms with Crippen molar-refractivity contribution in [3.8, 4) is 11.5 Å². The van der Waals surface area contributed by atoms with Crippen molar-refractivity contribution in [2.45, 2.75) is 11.4 Å². The first kappa shape index (κ1) is 34.7. The second-order valence-electron chi connectivity index (χ2n) is 10.7. The standard InChI is InChI=1S/C36H32NO2P.CHF3O3S/c1-37-25-31(29-18-10-12-20-32(29)37)36(26-22-23-33(38-2)34(24-26)39-3)30-19-11-13-21-35(30)40(27-14-6-4-7-15-27)28-16-8-5-9-17-28;2-1(3,4)8(5,6)7/h4-25,36H,1-3H3;(H,5,6,7). The van der Waals surface area contributed by atoms with Crippen LogP contribution in [0.25, 0.3) is 10.9 Å². The lowest BCUT2D eigenvalue weighted by molar-refractivity contribution is -0.0510. The second-order valence-corrected chi connectivity index (χ2v) is 14.3. The summed E-state index contributed by atoms with van der Waals surface area (Å²) in [7, 11) is -1.13. The molecular formula is C37H33F3NO5PS. The van der Waals surface area contributed by atoms with E-state index < -0.39 is 23.5 Å². The molecule has 11 heteroatoms. The molecule has 1 atom stereocenters. The average Bonchev–Trinajstić information content (AvgIpc) is 3.41. The molecule has 248 valence electrons. The zero-order valence-electron chi connectivity index (χ0n) is 26.3. The van der Waals surface area contributed by atoms with E-state index in [1.54, 1.807) is 14.2 Å². The Labute approximate surface area is 278 Å². The summed E-state index contributed by atoms with van der Waals surface area (Å²) in [5, 5.41) is 5.27. The van der Waals surface area contributed by atoms with E-state index in [-0.39, 0.29) is 5.92 Å². The maximum Gasteiger partial charge on any atom is 0.522 e. The number of alkyl halides is 3. The fourth-order valence-corrected chi connectivity index (χ4v) is 8.17. The van der Waals surface area contributed by atoms with E-state index in [9.17, 15) is 13.2 Å². The zero-order chi connectivity index (χ0) is 34.5. The van der Waals surface area contributed by atoms with Crippen molar-refractivity contribution in [3.63, 3.8) is 0 Å². The van der Waals surface area contributed by atoms with Crippen LogP contribution < -0.4 is 25.4 Å². The Morgan fingerprint density at radius 1 is 0.708 bits per heavy atom. The fourth-order valence-electron chi connectivity index (χ4n) is 5.68. The van der Waals surface area contributed by atoms with Gasteiger partial charge >= 0.3 is 15.6 Å². The summed E-state index contributed by atoms with van der Waals surface area (Å²) >= 11 is 0. The van der Waals surface area contributed by atoms with E-state index in [1.807, 2.05) is 6.07 Å². The van der Waals surface area contributed by atoms with Gasteiger partial charge in [-0.05, 0) is 58.7 Å². The summed E-state index contributed by atoms with van der Waals surface area (Å²) in [5.74, 6) is 1.45. The Kier molecular flexibility index (Phi) is 10.6. The predicted octanol–water partition coefficient (Wildman–Crippen LogP) is 7.53. The van der Waals surface area contributed by atoms with E-state index in [0.29, 0.717) is 0 Å². The minimum absolute atomic E-state index is 0.0143. The number of methoxy groups -OCH3 is 2. The molecule has 0 aliphatic carbocycles. The Bertz CT molecular complexity index is 2060. The van der Waals surface area contributed by atoms with Crippen molar-refractivity contribution in [1.29, 1.82) is 0 Å². The van der Waals surface area contributed by atoms with Crippen LogP contribution in [0.1, 0.15) is 22.6 Å². The first-order valence-electron chi connectivity index (χ1n) is 14.7. The highest BCUT2D eigenvalue weighted by Gasteiger charge is 2.44. The largest absolute Gasteiger partial charge is 0.522 e. The summed E-state index contributed by atoms with van der Waals surface area (Å²) in [6, 6.07) is 45.8. The topological polar surface area (TPSA) is 77.8 Å². The number of benzene rings is 5. The van der Waals surface area contributed by atoms with Gasteiger partial charge in [-0.2, -0.15) is 21.6 Å². The van der Waals surface area contributed by atoms with Crippen molar-refractivity contribution in [2.24, 2.45) is 7.05 Å². The minimum atomic E-state index is -5.84. The quantitative estimate of drug-likeness (QED) is 0.102. The molecule has 0 saturated carbocycles. The number of para-hydroxylation sites is 1. The van der Waals surface area contributed by atoms with Crippen LogP contribution in [-0.2, 0) is 17.2 Å². The SMILES string of the molecule is COc1ccc(C(c2ccccc2P(c2ccccc2)c2ccccc2)c2cn(C)c3ccccc23)cc1OC.O=S(=O)(O)C(F)(F)F. The molecule has 1 unspecified atom stereocenters. The molecule has 0 amide bonds. The Morgan fingerprint density at radius 3 is 1.79 bits per heavy atom. The van der Waals surface area contributed by atoms with Crippen LogP contribution in [0.2, 0.25) is 0 Å². The van der Waals surface area contributed by atoms with Crippen molar-refractivity contribution < 1.29 is 35.6 Å². The van der Waals surface area contributed by atoms with Crippen molar-refractivity contribution in [2.75, 3.05) is 14.2 Å². The van der Waals surface area contributed by atoms with Crippen LogP contribution >= 0.6 is 7.92 Å². The van der Waals surface area contributed by atoms with Gasteiger partial charge in [-0.3, -0.25) is 4.55 Å². The molecule has 0 spiro atoms. The number of halogens is 3. The third kappa shape index (κ3) is 7.41. The van der Waals surface area contributed by atoms with Gasteiger partial charge in [0.15, 0.2) is 11.5 Å². The van der Waals surface area contributed by atoms with Gasteiger partial charge < -0.3 is 14.0 Å². The number of fused-ring (bicyclic) bond motifs is 1. The highest BCUT2D eigenvalue weighted by atomic mass is 32.2. The van der Waals surface area contributed by atoms with E-state index in [2.05, 4.69) is 139 Å². The monoisotopic (exact) mass is 691 g/mol. The molecule has 6 nitrogen and oxygen atoms in total. The number of nitrogens with zero attached hydrogens (tertiary/aromatic N) is 1. The van der Waals surface area contributed by atoms with Crippen LogP contribution in [0.4, 0.5) is 13.2 Å². The Hall–Kier alpha value is -4.63. The first-order valence-corrected chi connectivity index (χ1v) is 17.5. The number of ether oxygens (including phenoxy) is 2. The molecule has 1 aromatic heterocycles. The molecular weight excluding hydrogens is 658 g/mol. The van der Waals surface area contributed by atoms with Crippen LogP contribution in [0, 0.1) is 0 Å². The van der Waals surface area contributed by atoms with E-state index >= 15 is 0 Å². The van der Waals surface area contributed by atoms with Crippen LogP contribution in [0.3, 0.4) is 0 Å². The molecule has 0 radical (unpaired) electrons. The van der Waals surface area contributed by atoms with Gasteiger partial charge in [0.05, 0.1) is 14.2 Å². The van der Waals surface area contributed by atoms with Gasteiger partial charge in [0, 0.05) is 30.1 Å². The molecule has 0 aliphatic heterocycles. The molecule has 6 rings (SSSR count). The third-order valence-electron chi connectivity index (χ3n) is 7.79. The molecule has 1 N–H and O–H groups in total. The average molecular weight is 692 g/mol. The number of hydrogen-bond donors (Lipinski definition) is 1. The molecule has 5 aromatic carbocycles. The van der Waals surface area contributed by atoms with Crippen molar-refractivity contribution >= 4 is 44.9 Å². The summed E-state index contributed by atoms with van der Waals surface area (Å²) in [6.07, 6.45) is 2.29. The first-order chi connectivity index (χ1) is 22.9. The second kappa shape index (κ2) is 14.6. The van der Waals surface area contributed by atoms with Crippen LogP contribution in [0.5, 0.6) is 11.5 Å². The van der Waals surface area contributed by atoms with Gasteiger partial charge in [0.1, 0.15) is 0 Å². The molecule has 48 heavy (non-hydrogen) atoms. The zero-order valence-corrected chi connectivity index (χ0v) is 28.0. The highest BCUT2D eigenvalue weighted by molar-refractivity contribution is 7.86. The summed E-state index contributed by atoms with van der Waals surface area (Å²) in [6.45, 7) is 0. The van der Waals surface area contributed by atoms with Crippen molar-refractivity contribution in [1.82, 2.24) is 4.57 Å². The van der Waals surface area contributed by atoms with Gasteiger partial charge in [0.2, 0.25) is 0 Å². The number of aryl methyl sites for hydroxylation is 1. The van der Waals surface area contributed by atoms with Crippen LogP contribution in [-0.4, -0.2) is 37.3 Å². The molecule has 6 aromatic rings. The summed E-state index contributed by atoms with van der Waals surface area (Å²) < 4.78 is 71.2. The summed E-state index contributed by atoms with van der Waals surface area (Å²) in [5.41, 5.74) is -0.586. The Morgan fingerprint density at radius 2 is 1.23 bits per heavy atom. The van der Waals surface area contributed by atoms with Gasteiger partial charge in [-0.15, -0.1) is 0 Å².